The summed E-state index contributed by atoms with van der Waals surface area (Å²) in [5, 5.41) is 29.1. The Morgan fingerprint density at radius 1 is 1.58 bits per heavy atom. The van der Waals surface area contributed by atoms with Gasteiger partial charge >= 0.3 is 5.69 Å². The Morgan fingerprint density at radius 2 is 2.26 bits per heavy atom. The van der Waals surface area contributed by atoms with Crippen LogP contribution in [0.25, 0.3) is 0 Å². The smallest absolute Gasteiger partial charge is 0.330 e. The van der Waals surface area contributed by atoms with E-state index >= 15 is 0 Å². The minimum Gasteiger partial charge on any atom is -0.394 e. The number of nitrogens with zero attached hydrogens (tertiary/aromatic N) is 1. The maximum Gasteiger partial charge on any atom is 0.330 e. The van der Waals surface area contributed by atoms with Gasteiger partial charge in [0.2, 0.25) is 0 Å². The standard InChI is InChI=1S/C11H12N2O6/c1-2-11(18)8(16)6(5-14)19-9(11)13-4-3-7(15)12-10(13)17/h1,3-4,6,8-9,14,16,18H,5H2,(H,12,15,17)/t6?,8-,9+,11-/m1/s1. The lowest BCUT2D eigenvalue weighted by Gasteiger charge is -2.26. The third-order valence-corrected chi connectivity index (χ3v) is 3.00. The molecule has 102 valence electrons. The van der Waals surface area contributed by atoms with Crippen molar-refractivity contribution >= 4 is 0 Å². The van der Waals surface area contributed by atoms with E-state index in [-0.39, 0.29) is 0 Å². The Morgan fingerprint density at radius 3 is 2.79 bits per heavy atom. The fraction of sp³-hybridized carbons (Fsp3) is 0.455. The van der Waals surface area contributed by atoms with Gasteiger partial charge in [0, 0.05) is 12.3 Å². The van der Waals surface area contributed by atoms with Gasteiger partial charge in [-0.3, -0.25) is 14.3 Å². The zero-order valence-corrected chi connectivity index (χ0v) is 9.68. The molecule has 0 spiro atoms. The Labute approximate surface area is 106 Å². The number of hydrogen-bond acceptors (Lipinski definition) is 6. The van der Waals surface area contributed by atoms with E-state index in [9.17, 15) is 19.8 Å². The van der Waals surface area contributed by atoms with Gasteiger partial charge in [0.15, 0.2) is 11.8 Å². The van der Waals surface area contributed by atoms with Crippen LogP contribution in [0.3, 0.4) is 0 Å². The lowest BCUT2D eigenvalue weighted by molar-refractivity contribution is -0.0764. The molecule has 4 N–H and O–H groups in total. The fourth-order valence-corrected chi connectivity index (χ4v) is 1.96. The monoisotopic (exact) mass is 268 g/mol. The molecule has 8 heteroatoms. The fourth-order valence-electron chi connectivity index (χ4n) is 1.96. The lowest BCUT2D eigenvalue weighted by Crippen LogP contribution is -2.48. The predicted octanol–water partition coefficient (Wildman–Crippen LogP) is -2.85. The van der Waals surface area contributed by atoms with Crippen LogP contribution < -0.4 is 11.2 Å². The van der Waals surface area contributed by atoms with Gasteiger partial charge < -0.3 is 20.1 Å². The van der Waals surface area contributed by atoms with Crippen molar-refractivity contribution in [2.45, 2.75) is 24.0 Å². The molecule has 0 radical (unpaired) electrons. The first-order valence-electron chi connectivity index (χ1n) is 5.40. The summed E-state index contributed by atoms with van der Waals surface area (Å²) in [5.74, 6) is 1.96. The average Bonchev–Trinajstić information content (AvgIpc) is 2.63. The van der Waals surface area contributed by atoms with E-state index in [2.05, 4.69) is 0 Å². The highest BCUT2D eigenvalue weighted by atomic mass is 16.6. The molecule has 0 aromatic carbocycles. The highest BCUT2D eigenvalue weighted by Crippen LogP contribution is 2.36. The summed E-state index contributed by atoms with van der Waals surface area (Å²) in [5.41, 5.74) is -3.66. The van der Waals surface area contributed by atoms with Gasteiger partial charge in [-0.05, 0) is 0 Å². The largest absolute Gasteiger partial charge is 0.394 e. The van der Waals surface area contributed by atoms with E-state index in [1.165, 1.54) is 0 Å². The number of aromatic nitrogens is 2. The average molecular weight is 268 g/mol. The first-order valence-corrected chi connectivity index (χ1v) is 5.40. The van der Waals surface area contributed by atoms with Gasteiger partial charge in [-0.1, -0.05) is 5.92 Å². The summed E-state index contributed by atoms with van der Waals surface area (Å²) < 4.78 is 6.03. The molecule has 1 fully saturated rings. The van der Waals surface area contributed by atoms with Gasteiger partial charge in [-0.2, -0.15) is 0 Å². The van der Waals surface area contributed by atoms with Crippen LogP contribution in [0.2, 0.25) is 0 Å². The number of hydrogen-bond donors (Lipinski definition) is 4. The molecule has 2 rings (SSSR count). The van der Waals surface area contributed by atoms with Crippen molar-refractivity contribution in [3.8, 4) is 12.3 Å². The zero-order valence-electron chi connectivity index (χ0n) is 9.68. The second kappa shape index (κ2) is 4.64. The highest BCUT2D eigenvalue weighted by molar-refractivity contribution is 5.19. The number of aliphatic hydroxyl groups excluding tert-OH is 2. The molecule has 1 aromatic rings. The normalized spacial score (nSPS) is 34.1. The molecular weight excluding hydrogens is 256 g/mol. The van der Waals surface area contributed by atoms with Crippen LogP contribution in [-0.4, -0.2) is 49.3 Å². The molecule has 1 aliphatic rings. The number of H-pyrrole nitrogens is 1. The Hall–Kier alpha value is -1.92. The summed E-state index contributed by atoms with van der Waals surface area (Å²) in [6, 6.07) is 1.04. The zero-order chi connectivity index (χ0) is 14.2. The number of rotatable bonds is 2. The molecule has 1 saturated heterocycles. The van der Waals surface area contributed by atoms with E-state index in [4.69, 9.17) is 16.3 Å². The Kier molecular flexibility index (Phi) is 3.30. The molecule has 0 amide bonds. The van der Waals surface area contributed by atoms with Crippen LogP contribution in [0.1, 0.15) is 6.23 Å². The van der Waals surface area contributed by atoms with Crippen LogP contribution in [-0.2, 0) is 4.74 Å². The van der Waals surface area contributed by atoms with Crippen molar-refractivity contribution in [1.29, 1.82) is 0 Å². The van der Waals surface area contributed by atoms with Crippen molar-refractivity contribution in [2.75, 3.05) is 6.61 Å². The van der Waals surface area contributed by atoms with Crippen molar-refractivity contribution in [3.05, 3.63) is 33.1 Å². The minimum absolute atomic E-state index is 0.584. The summed E-state index contributed by atoms with van der Waals surface area (Å²) >= 11 is 0. The molecule has 19 heavy (non-hydrogen) atoms. The SMILES string of the molecule is C#C[C@@]1(O)[C@H](O)C(CO)O[C@@H]1n1ccc(=O)[nH]c1=O. The van der Waals surface area contributed by atoms with Crippen molar-refractivity contribution < 1.29 is 20.1 Å². The number of aromatic amines is 1. The van der Waals surface area contributed by atoms with E-state index in [1.807, 2.05) is 10.9 Å². The minimum atomic E-state index is -2.19. The maximum atomic E-state index is 11.6. The summed E-state index contributed by atoms with van der Waals surface area (Å²) in [7, 11) is 0. The summed E-state index contributed by atoms with van der Waals surface area (Å²) in [4.78, 5) is 24.6. The highest BCUT2D eigenvalue weighted by Gasteiger charge is 2.55. The molecule has 0 aliphatic carbocycles. The van der Waals surface area contributed by atoms with E-state index in [0.717, 1.165) is 16.8 Å². The quantitative estimate of drug-likeness (QED) is 0.428. The second-order valence-corrected chi connectivity index (χ2v) is 4.14. The van der Waals surface area contributed by atoms with Gasteiger partial charge in [0.25, 0.3) is 5.56 Å². The Balaban J connectivity index is 2.52. The molecule has 8 nitrogen and oxygen atoms in total. The molecule has 1 aromatic heterocycles. The molecule has 4 atom stereocenters. The molecule has 1 unspecified atom stereocenters. The van der Waals surface area contributed by atoms with Gasteiger partial charge in [-0.25, -0.2) is 4.79 Å². The molecule has 0 saturated carbocycles. The molecule has 2 heterocycles. The van der Waals surface area contributed by atoms with E-state index < -0.39 is 41.9 Å². The first-order chi connectivity index (χ1) is 8.93. The van der Waals surface area contributed by atoms with Gasteiger partial charge in [0.1, 0.15) is 12.2 Å². The van der Waals surface area contributed by atoms with Gasteiger partial charge in [0.05, 0.1) is 6.61 Å². The van der Waals surface area contributed by atoms with Crippen LogP contribution in [0.4, 0.5) is 0 Å². The van der Waals surface area contributed by atoms with Crippen LogP contribution >= 0.6 is 0 Å². The number of ether oxygens (including phenoxy) is 1. The Bertz CT molecular complexity index is 629. The third kappa shape index (κ3) is 1.98. The van der Waals surface area contributed by atoms with Gasteiger partial charge in [-0.15, -0.1) is 6.42 Å². The lowest BCUT2D eigenvalue weighted by atomic mass is 9.95. The third-order valence-electron chi connectivity index (χ3n) is 3.00. The van der Waals surface area contributed by atoms with Crippen molar-refractivity contribution in [2.24, 2.45) is 0 Å². The van der Waals surface area contributed by atoms with Crippen LogP contribution in [0.5, 0.6) is 0 Å². The van der Waals surface area contributed by atoms with E-state index in [1.54, 1.807) is 0 Å². The predicted molar refractivity (Wildman–Crippen MR) is 62.1 cm³/mol. The van der Waals surface area contributed by atoms with E-state index in [0.29, 0.717) is 0 Å². The summed E-state index contributed by atoms with van der Waals surface area (Å²) in [6.07, 6.45) is 2.15. The molecular formula is C11H12N2O6. The number of nitrogens with one attached hydrogen (secondary N) is 1. The number of terminal acetylenes is 1. The molecule has 1 aliphatic heterocycles. The maximum absolute atomic E-state index is 11.6. The topological polar surface area (TPSA) is 125 Å². The second-order valence-electron chi connectivity index (χ2n) is 4.14. The first kappa shape index (κ1) is 13.5. The van der Waals surface area contributed by atoms with Crippen LogP contribution in [0, 0.1) is 12.3 Å². The van der Waals surface area contributed by atoms with Crippen molar-refractivity contribution in [3.63, 3.8) is 0 Å². The van der Waals surface area contributed by atoms with Crippen LogP contribution in [0.15, 0.2) is 21.9 Å². The summed E-state index contributed by atoms with van der Waals surface area (Å²) in [6.45, 7) is -0.584. The van der Waals surface area contributed by atoms with Crippen molar-refractivity contribution in [1.82, 2.24) is 9.55 Å². The number of aliphatic hydroxyl groups is 3. The molecule has 0 bridgehead atoms.